The average Bonchev–Trinajstić information content (AvgIpc) is 3.97. The zero-order valence-corrected chi connectivity index (χ0v) is 38.6. The van der Waals surface area contributed by atoms with E-state index in [2.05, 4.69) is 267 Å². The lowest BCUT2D eigenvalue weighted by molar-refractivity contribution is 0.660. The summed E-state index contributed by atoms with van der Waals surface area (Å²) in [6, 6.07) is 92.9. The van der Waals surface area contributed by atoms with E-state index in [1.165, 1.54) is 111 Å². The molecule has 14 rings (SSSR count). The van der Waals surface area contributed by atoms with Gasteiger partial charge in [0.2, 0.25) is 0 Å². The Balaban J connectivity index is 0.910. The molecule has 0 aromatic heterocycles. The van der Waals surface area contributed by atoms with Crippen molar-refractivity contribution >= 4 is 27.8 Å². The quantitative estimate of drug-likeness (QED) is 0.161. The van der Waals surface area contributed by atoms with Crippen molar-refractivity contribution in [1.82, 2.24) is 0 Å². The van der Waals surface area contributed by atoms with Crippen LogP contribution < -0.4 is 4.90 Å². The molecular weight excluding hydrogens is 831 g/mol. The fraction of sp³-hybridized carbons (Fsp3) is 0.0588. The minimum Gasteiger partial charge on any atom is -0.310 e. The maximum Gasteiger partial charge on any atom is 0.0725 e. The van der Waals surface area contributed by atoms with Crippen LogP contribution in [0, 0.1) is 0 Å². The van der Waals surface area contributed by atoms with E-state index in [0.717, 1.165) is 17.1 Å². The first-order valence-corrected chi connectivity index (χ1v) is 24.3. The lowest BCUT2D eigenvalue weighted by Gasteiger charge is -2.30. The Hall–Kier alpha value is -8.52. The number of fused-ring (bicyclic) bond motifs is 14. The topological polar surface area (TPSA) is 3.24 Å². The summed E-state index contributed by atoms with van der Waals surface area (Å²) in [6.07, 6.45) is 0. The van der Waals surface area contributed by atoms with Crippen LogP contribution in [-0.4, -0.2) is 0 Å². The molecule has 0 amide bonds. The molecule has 0 atom stereocenters. The Kier molecular flexibility index (Phi) is 8.61. The summed E-state index contributed by atoms with van der Waals surface area (Å²) in [6.45, 7) is 4.73. The van der Waals surface area contributed by atoms with Crippen LogP contribution in [0.1, 0.15) is 47.2 Å². The Morgan fingerprint density at radius 2 is 0.739 bits per heavy atom. The number of anilines is 3. The molecule has 69 heavy (non-hydrogen) atoms. The van der Waals surface area contributed by atoms with E-state index >= 15 is 0 Å². The SMILES string of the molecule is CC1(C)c2ccccc2-c2c(-c3ccccc3N(c3ccc(-c4ccc5c(c4)-c4ccccc4C54c5ccccc5-c5ccccc54)cc3)c3ccc(-c4cccc5ccccc45)cc3)cccc21. The van der Waals surface area contributed by atoms with E-state index in [9.17, 15) is 0 Å². The van der Waals surface area contributed by atoms with Crippen LogP contribution >= 0.6 is 0 Å². The van der Waals surface area contributed by atoms with Gasteiger partial charge in [-0.05, 0) is 142 Å². The molecule has 3 aliphatic rings. The molecule has 1 spiro atoms. The van der Waals surface area contributed by atoms with Gasteiger partial charge in [0.15, 0.2) is 0 Å². The van der Waals surface area contributed by atoms with Crippen LogP contribution in [0.3, 0.4) is 0 Å². The van der Waals surface area contributed by atoms with E-state index in [1.54, 1.807) is 0 Å². The zero-order valence-electron chi connectivity index (χ0n) is 38.6. The van der Waals surface area contributed by atoms with Crippen LogP contribution in [0.2, 0.25) is 0 Å². The summed E-state index contributed by atoms with van der Waals surface area (Å²) in [7, 11) is 0. The van der Waals surface area contributed by atoms with Crippen molar-refractivity contribution < 1.29 is 0 Å². The van der Waals surface area contributed by atoms with Gasteiger partial charge in [0.25, 0.3) is 0 Å². The Morgan fingerprint density at radius 1 is 0.290 bits per heavy atom. The van der Waals surface area contributed by atoms with Crippen LogP contribution in [0.15, 0.2) is 249 Å². The van der Waals surface area contributed by atoms with Crippen LogP contribution in [-0.2, 0) is 10.8 Å². The molecule has 1 nitrogen and oxygen atoms in total. The molecular formula is C68H47N. The van der Waals surface area contributed by atoms with Gasteiger partial charge >= 0.3 is 0 Å². The van der Waals surface area contributed by atoms with E-state index in [4.69, 9.17) is 0 Å². The van der Waals surface area contributed by atoms with Gasteiger partial charge in [-0.3, -0.25) is 0 Å². The predicted molar refractivity (Wildman–Crippen MR) is 289 cm³/mol. The molecule has 3 aliphatic carbocycles. The van der Waals surface area contributed by atoms with E-state index in [-0.39, 0.29) is 10.8 Å². The maximum atomic E-state index is 2.45. The van der Waals surface area contributed by atoms with Gasteiger partial charge < -0.3 is 4.90 Å². The Labute approximate surface area is 404 Å². The van der Waals surface area contributed by atoms with Crippen molar-refractivity contribution in [1.29, 1.82) is 0 Å². The van der Waals surface area contributed by atoms with Gasteiger partial charge in [0.1, 0.15) is 0 Å². The summed E-state index contributed by atoms with van der Waals surface area (Å²) < 4.78 is 0. The molecule has 0 saturated heterocycles. The van der Waals surface area contributed by atoms with Gasteiger partial charge in [-0.2, -0.15) is 0 Å². The van der Waals surface area contributed by atoms with Gasteiger partial charge in [-0.15, -0.1) is 0 Å². The fourth-order valence-corrected chi connectivity index (χ4v) is 12.7. The Morgan fingerprint density at radius 3 is 1.42 bits per heavy atom. The lowest BCUT2D eigenvalue weighted by atomic mass is 9.70. The highest BCUT2D eigenvalue weighted by molar-refractivity contribution is 6.01. The second-order valence-electron chi connectivity index (χ2n) is 19.5. The van der Waals surface area contributed by atoms with Crippen molar-refractivity contribution in [3.8, 4) is 66.8 Å². The first kappa shape index (κ1) is 39.6. The predicted octanol–water partition coefficient (Wildman–Crippen LogP) is 18.0. The molecule has 0 aliphatic heterocycles. The molecule has 0 N–H and O–H groups in total. The number of hydrogen-bond acceptors (Lipinski definition) is 1. The first-order valence-electron chi connectivity index (χ1n) is 24.3. The van der Waals surface area contributed by atoms with E-state index in [0.29, 0.717) is 0 Å². The summed E-state index contributed by atoms with van der Waals surface area (Å²) >= 11 is 0. The fourth-order valence-electron chi connectivity index (χ4n) is 12.7. The Bertz CT molecular complexity index is 3820. The van der Waals surface area contributed by atoms with Crippen molar-refractivity contribution in [3.63, 3.8) is 0 Å². The maximum absolute atomic E-state index is 2.45. The number of nitrogens with zero attached hydrogens (tertiary/aromatic N) is 1. The molecule has 0 saturated carbocycles. The van der Waals surface area contributed by atoms with Crippen molar-refractivity contribution in [2.24, 2.45) is 0 Å². The van der Waals surface area contributed by atoms with Gasteiger partial charge in [-0.1, -0.05) is 226 Å². The first-order chi connectivity index (χ1) is 34.0. The van der Waals surface area contributed by atoms with Crippen molar-refractivity contribution in [2.45, 2.75) is 24.7 Å². The second-order valence-corrected chi connectivity index (χ2v) is 19.5. The normalized spacial score (nSPS) is 13.9. The highest BCUT2D eigenvalue weighted by Gasteiger charge is 2.51. The third-order valence-electron chi connectivity index (χ3n) is 15.7. The van der Waals surface area contributed by atoms with Crippen molar-refractivity contribution in [3.05, 3.63) is 282 Å². The standard InChI is InChI=1S/C68H47N/c1-67(2)59-27-10-8-24-57(59)66-56(26-16-31-64(66)67)55-23-9-14-32-65(55)69(49-40-35-46(36-41-49)51-25-15-18-45-17-3-4-19-50(45)51)48-38-33-44(34-39-48)47-37-42-63-58(43-47)54-22-7-13-30-62(54)68(63)60-28-11-5-20-52(60)53-21-6-12-29-61(53)68/h3-43H,1-2H3. The molecule has 1 heteroatoms. The van der Waals surface area contributed by atoms with E-state index < -0.39 is 0 Å². The number of para-hydroxylation sites is 1. The number of hydrogen-bond donors (Lipinski definition) is 0. The molecule has 324 valence electrons. The van der Waals surface area contributed by atoms with Crippen LogP contribution in [0.25, 0.3) is 77.5 Å². The molecule has 0 unspecified atom stereocenters. The van der Waals surface area contributed by atoms with E-state index in [1.807, 2.05) is 0 Å². The monoisotopic (exact) mass is 877 g/mol. The third-order valence-corrected chi connectivity index (χ3v) is 15.7. The molecule has 0 bridgehead atoms. The van der Waals surface area contributed by atoms with Crippen LogP contribution in [0.4, 0.5) is 17.1 Å². The summed E-state index contributed by atoms with van der Waals surface area (Å²) in [5.41, 5.74) is 26.3. The highest BCUT2D eigenvalue weighted by Crippen LogP contribution is 2.63. The van der Waals surface area contributed by atoms with Crippen LogP contribution in [0.5, 0.6) is 0 Å². The number of benzene rings is 11. The van der Waals surface area contributed by atoms with Gasteiger partial charge in [0, 0.05) is 22.4 Å². The minimum absolute atomic E-state index is 0.101. The second kappa shape index (κ2) is 15.0. The molecule has 0 radical (unpaired) electrons. The summed E-state index contributed by atoms with van der Waals surface area (Å²) in [4.78, 5) is 2.45. The smallest absolute Gasteiger partial charge is 0.0725 e. The summed E-state index contributed by atoms with van der Waals surface area (Å²) in [5, 5.41) is 2.51. The number of rotatable bonds is 6. The highest BCUT2D eigenvalue weighted by atomic mass is 15.1. The zero-order chi connectivity index (χ0) is 45.8. The molecule has 0 fully saturated rings. The van der Waals surface area contributed by atoms with Gasteiger partial charge in [0.05, 0.1) is 11.1 Å². The lowest BCUT2D eigenvalue weighted by Crippen LogP contribution is -2.25. The summed E-state index contributed by atoms with van der Waals surface area (Å²) in [5.74, 6) is 0. The largest absolute Gasteiger partial charge is 0.310 e. The average molecular weight is 878 g/mol. The molecule has 11 aromatic rings. The molecule has 11 aromatic carbocycles. The van der Waals surface area contributed by atoms with Gasteiger partial charge in [-0.25, -0.2) is 0 Å². The third kappa shape index (κ3) is 5.65. The molecule has 0 heterocycles. The minimum atomic E-state index is -0.352. The van der Waals surface area contributed by atoms with Crippen molar-refractivity contribution in [2.75, 3.05) is 4.90 Å².